The fourth-order valence-electron chi connectivity index (χ4n) is 6.17. The minimum absolute atomic E-state index is 0.269. The molecule has 0 atom stereocenters. The highest BCUT2D eigenvalue weighted by molar-refractivity contribution is 7.18. The highest BCUT2D eigenvalue weighted by Gasteiger charge is 2.27. The summed E-state index contributed by atoms with van der Waals surface area (Å²) in [6.45, 7) is 9.35. The molecule has 1 heterocycles. The fourth-order valence-corrected chi connectivity index (χ4v) is 7.33. The molecule has 0 saturated heterocycles. The van der Waals surface area contributed by atoms with Crippen LogP contribution < -0.4 is 9.64 Å². The van der Waals surface area contributed by atoms with Crippen molar-refractivity contribution in [2.75, 3.05) is 31.7 Å². The summed E-state index contributed by atoms with van der Waals surface area (Å²) in [5.74, 6) is 0.959. The van der Waals surface area contributed by atoms with Crippen molar-refractivity contribution in [3.8, 4) is 16.2 Å². The Morgan fingerprint density at radius 3 is 2.10 bits per heavy atom. The summed E-state index contributed by atoms with van der Waals surface area (Å²) >= 11 is 1.36. The molecule has 40 heavy (non-hydrogen) atoms. The van der Waals surface area contributed by atoms with Gasteiger partial charge in [-0.3, -0.25) is 0 Å². The van der Waals surface area contributed by atoms with Crippen LogP contribution in [-0.4, -0.2) is 44.3 Å². The van der Waals surface area contributed by atoms with Gasteiger partial charge in [0.05, 0.1) is 7.11 Å². The molecule has 6 nitrogen and oxygen atoms in total. The molecule has 2 aromatic rings. The predicted molar refractivity (Wildman–Crippen MR) is 163 cm³/mol. The summed E-state index contributed by atoms with van der Waals surface area (Å²) in [6, 6.07) is 8.72. The van der Waals surface area contributed by atoms with Gasteiger partial charge in [-0.1, -0.05) is 50.7 Å². The van der Waals surface area contributed by atoms with Crippen LogP contribution in [-0.2, 0) is 14.3 Å². The maximum atomic E-state index is 12.7. The molecule has 0 radical (unpaired) electrons. The number of esters is 2. The van der Waals surface area contributed by atoms with E-state index >= 15 is 0 Å². The van der Waals surface area contributed by atoms with E-state index in [1.165, 1.54) is 88.3 Å². The minimum atomic E-state index is -0.609. The van der Waals surface area contributed by atoms with Crippen LogP contribution in [0.15, 0.2) is 24.3 Å². The van der Waals surface area contributed by atoms with Crippen LogP contribution in [0, 0.1) is 18.8 Å². The number of hydrogen-bond acceptors (Lipinski definition) is 7. The summed E-state index contributed by atoms with van der Waals surface area (Å²) in [7, 11) is 1.36. The Kier molecular flexibility index (Phi) is 10.6. The van der Waals surface area contributed by atoms with E-state index in [4.69, 9.17) is 14.2 Å². The number of carbonyl (C=O) groups is 2. The van der Waals surface area contributed by atoms with Gasteiger partial charge in [0.15, 0.2) is 11.5 Å². The van der Waals surface area contributed by atoms with Crippen molar-refractivity contribution >= 4 is 29.0 Å². The summed E-state index contributed by atoms with van der Waals surface area (Å²) in [4.78, 5) is 29.0. The van der Waals surface area contributed by atoms with E-state index in [9.17, 15) is 9.59 Å². The Hall–Kier alpha value is -2.54. The first-order valence-electron chi connectivity index (χ1n) is 15.1. The maximum absolute atomic E-state index is 12.7. The lowest BCUT2D eigenvalue weighted by molar-refractivity contribution is -0.157. The van der Waals surface area contributed by atoms with Crippen LogP contribution in [0.5, 0.6) is 5.75 Å². The number of anilines is 1. The Morgan fingerprint density at radius 2 is 1.55 bits per heavy atom. The molecule has 2 fully saturated rings. The molecule has 0 aliphatic heterocycles. The number of hydrogen-bond donors (Lipinski definition) is 0. The van der Waals surface area contributed by atoms with Gasteiger partial charge in [-0.25, -0.2) is 9.59 Å². The zero-order valence-corrected chi connectivity index (χ0v) is 25.9. The van der Waals surface area contributed by atoms with E-state index in [2.05, 4.69) is 29.2 Å². The second-order valence-corrected chi connectivity index (χ2v) is 13.6. The van der Waals surface area contributed by atoms with Gasteiger partial charge in [-0.05, 0) is 82.9 Å². The SMILES string of the molecule is COC(=O)c1sc(-c2cccc(N(CC3CCCCC3)CC3CCCCC3)c2)c(C)c1OCC(=O)OC(C)(C)C. The number of methoxy groups -OCH3 is 1. The molecule has 2 aliphatic carbocycles. The lowest BCUT2D eigenvalue weighted by atomic mass is 9.86. The molecule has 0 unspecified atom stereocenters. The van der Waals surface area contributed by atoms with Crippen LogP contribution in [0.3, 0.4) is 0 Å². The van der Waals surface area contributed by atoms with Gasteiger partial charge in [0.1, 0.15) is 11.4 Å². The van der Waals surface area contributed by atoms with Crippen molar-refractivity contribution in [1.29, 1.82) is 0 Å². The second-order valence-electron chi connectivity index (χ2n) is 12.5. The standard InChI is InChI=1S/C33H47NO5S/c1-23-29(38-22-28(35)39-33(2,3)4)31(32(36)37-5)40-30(23)26-17-12-18-27(19-26)34(20-24-13-8-6-9-14-24)21-25-15-10-7-11-16-25/h12,17-19,24-25H,6-11,13-16,20-22H2,1-5H3. The van der Waals surface area contributed by atoms with E-state index in [0.717, 1.165) is 40.9 Å². The Balaban J connectivity index is 1.61. The van der Waals surface area contributed by atoms with Crippen LogP contribution in [0.25, 0.3) is 10.4 Å². The normalized spacial score (nSPS) is 16.9. The van der Waals surface area contributed by atoms with Crippen molar-refractivity contribution in [3.05, 3.63) is 34.7 Å². The zero-order chi connectivity index (χ0) is 28.7. The molecular formula is C33H47NO5S. The third-order valence-electron chi connectivity index (χ3n) is 8.10. The molecule has 220 valence electrons. The average Bonchev–Trinajstić information content (AvgIpc) is 3.27. The minimum Gasteiger partial charge on any atom is -0.480 e. The van der Waals surface area contributed by atoms with E-state index in [-0.39, 0.29) is 6.61 Å². The van der Waals surface area contributed by atoms with Gasteiger partial charge in [-0.2, -0.15) is 0 Å². The van der Waals surface area contributed by atoms with Crippen LogP contribution in [0.2, 0.25) is 0 Å². The van der Waals surface area contributed by atoms with Crippen molar-refractivity contribution in [3.63, 3.8) is 0 Å². The molecule has 0 spiro atoms. The largest absolute Gasteiger partial charge is 0.480 e. The smallest absolute Gasteiger partial charge is 0.351 e. The highest BCUT2D eigenvalue weighted by atomic mass is 32.1. The second kappa shape index (κ2) is 13.9. The van der Waals surface area contributed by atoms with Crippen LogP contribution in [0.4, 0.5) is 5.69 Å². The van der Waals surface area contributed by atoms with Crippen LogP contribution >= 0.6 is 11.3 Å². The number of benzene rings is 1. The highest BCUT2D eigenvalue weighted by Crippen LogP contribution is 2.43. The molecule has 0 bridgehead atoms. The number of thiophene rings is 1. The van der Waals surface area contributed by atoms with Crippen molar-refractivity contribution in [2.45, 2.75) is 97.5 Å². The summed E-state index contributed by atoms with van der Waals surface area (Å²) in [5.41, 5.74) is 2.52. The van der Waals surface area contributed by atoms with Crippen molar-refractivity contribution < 1.29 is 23.8 Å². The summed E-state index contributed by atoms with van der Waals surface area (Å²) in [6.07, 6.45) is 13.4. The van der Waals surface area contributed by atoms with Gasteiger partial charge in [0.2, 0.25) is 0 Å². The number of rotatable bonds is 10. The molecule has 2 aliphatic rings. The molecule has 0 N–H and O–H groups in total. The number of carbonyl (C=O) groups excluding carboxylic acids is 2. The fraction of sp³-hybridized carbons (Fsp3) is 0.636. The third kappa shape index (κ3) is 8.25. The summed E-state index contributed by atoms with van der Waals surface area (Å²) in [5, 5.41) is 0. The van der Waals surface area contributed by atoms with E-state index < -0.39 is 17.5 Å². The van der Waals surface area contributed by atoms with Gasteiger partial charge >= 0.3 is 11.9 Å². The van der Waals surface area contributed by atoms with Gasteiger partial charge in [0.25, 0.3) is 0 Å². The molecule has 0 amide bonds. The van der Waals surface area contributed by atoms with E-state index in [1.807, 2.05) is 27.7 Å². The topological polar surface area (TPSA) is 65.1 Å². The molecule has 7 heteroatoms. The zero-order valence-electron chi connectivity index (χ0n) is 25.1. The maximum Gasteiger partial charge on any atom is 0.351 e. The third-order valence-corrected chi connectivity index (χ3v) is 9.40. The lowest BCUT2D eigenvalue weighted by Crippen LogP contribution is -2.35. The predicted octanol–water partition coefficient (Wildman–Crippen LogP) is 8.20. The van der Waals surface area contributed by atoms with Gasteiger partial charge in [0, 0.05) is 29.2 Å². The molecule has 4 rings (SSSR count). The molecular weight excluding hydrogens is 522 g/mol. The lowest BCUT2D eigenvalue weighted by Gasteiger charge is -2.35. The monoisotopic (exact) mass is 569 g/mol. The van der Waals surface area contributed by atoms with E-state index in [0.29, 0.717) is 10.6 Å². The first kappa shape index (κ1) is 30.4. The van der Waals surface area contributed by atoms with Crippen molar-refractivity contribution in [2.24, 2.45) is 11.8 Å². The average molecular weight is 570 g/mol. The first-order valence-corrected chi connectivity index (χ1v) is 15.9. The van der Waals surface area contributed by atoms with Crippen molar-refractivity contribution in [1.82, 2.24) is 0 Å². The van der Waals surface area contributed by atoms with Gasteiger partial charge in [-0.15, -0.1) is 11.3 Å². The number of ether oxygens (including phenoxy) is 3. The molecule has 1 aromatic carbocycles. The quantitative estimate of drug-likeness (QED) is 0.269. The van der Waals surface area contributed by atoms with Crippen LogP contribution in [0.1, 0.15) is 100 Å². The Morgan fingerprint density at radius 1 is 0.950 bits per heavy atom. The number of nitrogens with zero attached hydrogens (tertiary/aromatic N) is 1. The Labute approximate surface area is 244 Å². The van der Waals surface area contributed by atoms with Gasteiger partial charge < -0.3 is 19.1 Å². The molecule has 2 saturated carbocycles. The summed E-state index contributed by atoms with van der Waals surface area (Å²) < 4.78 is 16.4. The Bertz CT molecular complexity index is 1120. The molecule has 1 aromatic heterocycles. The first-order chi connectivity index (χ1) is 19.1. The van der Waals surface area contributed by atoms with E-state index in [1.54, 1.807) is 0 Å².